The van der Waals surface area contributed by atoms with Gasteiger partial charge in [0.2, 0.25) is 0 Å². The first-order chi connectivity index (χ1) is 14.9. The lowest BCUT2D eigenvalue weighted by Gasteiger charge is -2.19. The van der Waals surface area contributed by atoms with Crippen molar-refractivity contribution in [3.05, 3.63) is 70.5 Å². The third kappa shape index (κ3) is 5.96. The molecule has 0 fully saturated rings. The number of hydrogen-bond donors (Lipinski definition) is 1. The van der Waals surface area contributed by atoms with Gasteiger partial charge in [-0.15, -0.1) is 10.2 Å². The second-order valence-corrected chi connectivity index (χ2v) is 7.04. The van der Waals surface area contributed by atoms with Crippen molar-refractivity contribution >= 4 is 0 Å². The number of alkyl halides is 6. The minimum atomic E-state index is -4.92. The quantitative estimate of drug-likeness (QED) is 0.520. The topological polar surface area (TPSA) is 64.9 Å². The van der Waals surface area contributed by atoms with Crippen molar-refractivity contribution in [2.45, 2.75) is 38.5 Å². The maximum atomic E-state index is 13.1. The molecular formula is C20H19F6N5O. The minimum absolute atomic E-state index is 0.0873. The van der Waals surface area contributed by atoms with E-state index in [0.29, 0.717) is 35.8 Å². The van der Waals surface area contributed by atoms with E-state index in [0.717, 1.165) is 0 Å². The van der Waals surface area contributed by atoms with Gasteiger partial charge in [-0.25, -0.2) is 0 Å². The molecule has 0 saturated heterocycles. The molecule has 3 aromatic rings. The molecule has 1 atom stereocenters. The van der Waals surface area contributed by atoms with Gasteiger partial charge in [0, 0.05) is 11.6 Å². The molecule has 1 unspecified atom stereocenters. The van der Waals surface area contributed by atoms with Crippen LogP contribution in [0.15, 0.2) is 42.5 Å². The molecule has 0 aliphatic rings. The normalized spacial score (nSPS) is 13.2. The standard InChI is InChI=1S/C20H19F6N5O/c1-12(27-10-18-28-30-31(2)29-18)16-5-3-4-6-17(16)32-11-13-7-14(19(21,22)23)9-15(8-13)20(24,25)26/h3-9,12,27H,10-11H2,1-2H3. The first-order valence-electron chi connectivity index (χ1n) is 9.40. The molecule has 0 aliphatic carbocycles. The van der Waals surface area contributed by atoms with Crippen molar-refractivity contribution in [3.8, 4) is 5.75 Å². The number of aryl methyl sites for hydroxylation is 1. The summed E-state index contributed by atoms with van der Waals surface area (Å²) in [7, 11) is 1.63. The smallest absolute Gasteiger partial charge is 0.416 e. The molecule has 1 heterocycles. The first-order valence-corrected chi connectivity index (χ1v) is 9.40. The molecule has 0 aliphatic heterocycles. The van der Waals surface area contributed by atoms with E-state index in [2.05, 4.69) is 20.7 Å². The van der Waals surface area contributed by atoms with Gasteiger partial charge in [0.05, 0.1) is 24.7 Å². The van der Waals surface area contributed by atoms with Crippen molar-refractivity contribution in [1.82, 2.24) is 25.5 Å². The van der Waals surface area contributed by atoms with Gasteiger partial charge in [-0.05, 0) is 42.0 Å². The van der Waals surface area contributed by atoms with Crippen LogP contribution >= 0.6 is 0 Å². The molecular weight excluding hydrogens is 440 g/mol. The van der Waals surface area contributed by atoms with Gasteiger partial charge in [-0.2, -0.15) is 31.1 Å². The second kappa shape index (κ2) is 9.15. The zero-order chi connectivity index (χ0) is 23.5. The first kappa shape index (κ1) is 23.5. The van der Waals surface area contributed by atoms with E-state index >= 15 is 0 Å². The van der Waals surface area contributed by atoms with E-state index in [1.165, 1.54) is 4.80 Å². The van der Waals surface area contributed by atoms with Crippen LogP contribution < -0.4 is 10.1 Å². The van der Waals surface area contributed by atoms with Gasteiger partial charge >= 0.3 is 12.4 Å². The van der Waals surface area contributed by atoms with Crippen LogP contribution in [0.5, 0.6) is 5.75 Å². The average molecular weight is 459 g/mol. The lowest BCUT2D eigenvalue weighted by molar-refractivity contribution is -0.143. The summed E-state index contributed by atoms with van der Waals surface area (Å²) in [6.45, 7) is 1.65. The van der Waals surface area contributed by atoms with Crippen molar-refractivity contribution in [1.29, 1.82) is 0 Å². The fourth-order valence-electron chi connectivity index (χ4n) is 2.98. The zero-order valence-electron chi connectivity index (χ0n) is 17.0. The number of ether oxygens (including phenoxy) is 1. The van der Waals surface area contributed by atoms with E-state index in [1.54, 1.807) is 31.3 Å². The summed E-state index contributed by atoms with van der Waals surface area (Å²) >= 11 is 0. The number of nitrogens with one attached hydrogen (secondary N) is 1. The SMILES string of the molecule is CC(NCc1nnn(C)n1)c1ccccc1OCc1cc(C(F)(F)F)cc(C(F)(F)F)c1. The van der Waals surface area contributed by atoms with Crippen molar-refractivity contribution in [2.24, 2.45) is 7.05 Å². The molecule has 6 nitrogen and oxygen atoms in total. The maximum absolute atomic E-state index is 13.1. The lowest BCUT2D eigenvalue weighted by Crippen LogP contribution is -2.20. The van der Waals surface area contributed by atoms with Gasteiger partial charge in [0.25, 0.3) is 0 Å². The minimum Gasteiger partial charge on any atom is -0.489 e. The predicted octanol–water partition coefficient (Wildman–Crippen LogP) is 4.68. The third-order valence-corrected chi connectivity index (χ3v) is 4.54. The van der Waals surface area contributed by atoms with Gasteiger partial charge in [-0.1, -0.05) is 18.2 Å². The summed E-state index contributed by atoms with van der Waals surface area (Å²) < 4.78 is 84.0. The Labute approximate surface area is 179 Å². The van der Waals surface area contributed by atoms with Crippen LogP contribution in [0.2, 0.25) is 0 Å². The molecule has 0 spiro atoms. The highest BCUT2D eigenvalue weighted by Crippen LogP contribution is 2.36. The second-order valence-electron chi connectivity index (χ2n) is 7.04. The van der Waals surface area contributed by atoms with Gasteiger partial charge in [0.15, 0.2) is 5.82 Å². The fraction of sp³-hybridized carbons (Fsp3) is 0.350. The van der Waals surface area contributed by atoms with Crippen LogP contribution in [0.1, 0.15) is 41.0 Å². The van der Waals surface area contributed by atoms with Gasteiger partial charge in [-0.3, -0.25) is 0 Å². The van der Waals surface area contributed by atoms with Crippen LogP contribution in [0.25, 0.3) is 0 Å². The Morgan fingerprint density at radius 1 is 1.00 bits per heavy atom. The number of rotatable bonds is 7. The van der Waals surface area contributed by atoms with E-state index in [-0.39, 0.29) is 17.7 Å². The molecule has 1 aromatic heterocycles. The van der Waals surface area contributed by atoms with E-state index in [4.69, 9.17) is 4.74 Å². The Balaban J connectivity index is 1.77. The van der Waals surface area contributed by atoms with Gasteiger partial charge in [0.1, 0.15) is 12.4 Å². The fourth-order valence-corrected chi connectivity index (χ4v) is 2.98. The number of benzene rings is 2. The number of para-hydroxylation sites is 1. The summed E-state index contributed by atoms with van der Waals surface area (Å²) in [6, 6.07) is 7.84. The number of halogens is 6. The summed E-state index contributed by atoms with van der Waals surface area (Å²) in [6.07, 6.45) is -9.83. The Bertz CT molecular complexity index is 1030. The van der Waals surface area contributed by atoms with Crippen molar-refractivity contribution in [3.63, 3.8) is 0 Å². The monoisotopic (exact) mass is 459 g/mol. The number of aromatic nitrogens is 4. The lowest BCUT2D eigenvalue weighted by atomic mass is 10.0. The zero-order valence-corrected chi connectivity index (χ0v) is 17.0. The summed E-state index contributed by atoms with van der Waals surface area (Å²) in [4.78, 5) is 1.31. The van der Waals surface area contributed by atoms with Crippen LogP contribution in [-0.2, 0) is 32.6 Å². The molecule has 1 N–H and O–H groups in total. The molecule has 0 saturated carbocycles. The van der Waals surface area contributed by atoms with Crippen LogP contribution in [0.4, 0.5) is 26.3 Å². The summed E-state index contributed by atoms with van der Waals surface area (Å²) in [5, 5.41) is 14.8. The number of tetrazole rings is 1. The van der Waals surface area contributed by atoms with Crippen molar-refractivity contribution < 1.29 is 31.1 Å². The summed E-state index contributed by atoms with van der Waals surface area (Å²) in [5.74, 6) is 0.784. The number of nitrogens with zero attached hydrogens (tertiary/aromatic N) is 4. The van der Waals surface area contributed by atoms with Crippen LogP contribution in [0.3, 0.4) is 0 Å². The van der Waals surface area contributed by atoms with Crippen LogP contribution in [0, 0.1) is 0 Å². The molecule has 0 amide bonds. The molecule has 2 aromatic carbocycles. The molecule has 172 valence electrons. The Morgan fingerprint density at radius 3 is 2.19 bits per heavy atom. The molecule has 0 bridgehead atoms. The Kier molecular flexibility index (Phi) is 6.72. The largest absolute Gasteiger partial charge is 0.489 e. The molecule has 32 heavy (non-hydrogen) atoms. The highest BCUT2D eigenvalue weighted by molar-refractivity contribution is 5.37. The molecule has 12 heteroatoms. The average Bonchev–Trinajstić information content (AvgIpc) is 3.14. The maximum Gasteiger partial charge on any atom is 0.416 e. The van der Waals surface area contributed by atoms with Gasteiger partial charge < -0.3 is 10.1 Å². The third-order valence-electron chi connectivity index (χ3n) is 4.54. The van der Waals surface area contributed by atoms with Crippen LogP contribution in [-0.4, -0.2) is 20.2 Å². The number of hydrogen-bond acceptors (Lipinski definition) is 5. The molecule has 3 rings (SSSR count). The summed E-state index contributed by atoms with van der Waals surface area (Å²) in [5.41, 5.74) is -2.35. The highest BCUT2D eigenvalue weighted by Gasteiger charge is 2.36. The van der Waals surface area contributed by atoms with E-state index in [9.17, 15) is 26.3 Å². The molecule has 0 radical (unpaired) electrons. The predicted molar refractivity (Wildman–Crippen MR) is 101 cm³/mol. The Hall–Kier alpha value is -3.15. The van der Waals surface area contributed by atoms with E-state index < -0.39 is 30.1 Å². The Morgan fingerprint density at radius 2 is 1.62 bits per heavy atom. The van der Waals surface area contributed by atoms with Crippen molar-refractivity contribution in [2.75, 3.05) is 0 Å². The highest BCUT2D eigenvalue weighted by atomic mass is 19.4. The van der Waals surface area contributed by atoms with E-state index in [1.807, 2.05) is 6.92 Å².